The third-order valence-corrected chi connectivity index (χ3v) is 11.9. The molecule has 0 aromatic heterocycles. The lowest BCUT2D eigenvalue weighted by Crippen LogP contribution is -2.29. The summed E-state index contributed by atoms with van der Waals surface area (Å²) in [7, 11) is -4.63. The average Bonchev–Trinajstić information content (AvgIpc) is 3.27. The van der Waals surface area contributed by atoms with Crippen LogP contribution >= 0.6 is 7.82 Å². The first kappa shape index (κ1) is 60.9. The minimum absolute atomic E-state index is 0.157. The van der Waals surface area contributed by atoms with Crippen LogP contribution in [0.4, 0.5) is 0 Å². The predicted molar refractivity (Wildman–Crippen MR) is 261 cm³/mol. The second-order valence-corrected chi connectivity index (χ2v) is 18.6. The van der Waals surface area contributed by atoms with E-state index in [2.05, 4.69) is 62.5 Å². The number of aliphatic hydroxyl groups is 2. The largest absolute Gasteiger partial charge is 0.472 e. The molecule has 0 aliphatic rings. The Morgan fingerprint density at radius 1 is 0.492 bits per heavy atom. The van der Waals surface area contributed by atoms with Gasteiger partial charge in [0.05, 0.1) is 19.8 Å². The van der Waals surface area contributed by atoms with E-state index in [0.717, 1.165) is 70.6 Å². The molecule has 0 rings (SSSR count). The summed E-state index contributed by atoms with van der Waals surface area (Å²) in [5.74, 6) is -0.944. The van der Waals surface area contributed by atoms with Crippen LogP contribution in [-0.2, 0) is 32.7 Å². The van der Waals surface area contributed by atoms with Crippen LogP contribution < -0.4 is 0 Å². The van der Waals surface area contributed by atoms with E-state index in [1.807, 2.05) is 0 Å². The summed E-state index contributed by atoms with van der Waals surface area (Å²) < 4.78 is 32.8. The first-order valence-electron chi connectivity index (χ1n) is 25.6. The number of phosphoric acid groups is 1. The van der Waals surface area contributed by atoms with Crippen molar-refractivity contribution >= 4 is 19.8 Å². The summed E-state index contributed by atoms with van der Waals surface area (Å²) in [4.78, 5) is 35.2. The van der Waals surface area contributed by atoms with Gasteiger partial charge in [-0.1, -0.05) is 217 Å². The van der Waals surface area contributed by atoms with Gasteiger partial charge in [-0.2, -0.15) is 0 Å². The standard InChI is InChI=1S/C52H95O10P/c1-3-5-7-9-11-13-15-17-19-21-22-23-24-25-26-28-29-31-33-35-37-39-41-43-51(55)59-47-50(48-61-63(57,58)60-46-49(54)45-53)62-52(56)44-42-40-38-36-34-32-30-27-20-18-16-14-12-10-8-6-4-2/h6,8,12,14,18,20,30,32,49-50,53-54H,3-5,7,9-11,13,15-17,19,21-29,31,33-48H2,1-2H3,(H,57,58)/b8-6-,14-12-,20-18-,32-30-. The van der Waals surface area contributed by atoms with Crippen molar-refractivity contribution in [3.8, 4) is 0 Å². The molecule has 0 aromatic rings. The Morgan fingerprint density at radius 3 is 1.32 bits per heavy atom. The number of rotatable bonds is 48. The van der Waals surface area contributed by atoms with E-state index < -0.39 is 51.8 Å². The number of carbonyl (C=O) groups excluding carboxylic acids is 2. The number of unbranched alkanes of at least 4 members (excludes halogenated alkanes) is 26. The molecule has 0 saturated carbocycles. The normalized spacial score (nSPS) is 14.0. The molecule has 368 valence electrons. The Bertz CT molecular complexity index is 1190. The van der Waals surface area contributed by atoms with Crippen molar-refractivity contribution in [3.05, 3.63) is 48.6 Å². The Hall–Kier alpha value is -2.07. The molecule has 3 unspecified atom stereocenters. The first-order valence-corrected chi connectivity index (χ1v) is 27.1. The molecule has 0 aliphatic heterocycles. The number of hydrogen-bond acceptors (Lipinski definition) is 9. The lowest BCUT2D eigenvalue weighted by Gasteiger charge is -2.20. The zero-order chi connectivity index (χ0) is 46.2. The molecule has 0 fully saturated rings. The topological polar surface area (TPSA) is 149 Å². The van der Waals surface area contributed by atoms with Crippen molar-refractivity contribution in [2.45, 2.75) is 244 Å². The Kier molecular flexibility index (Phi) is 46.3. The molecule has 0 aliphatic carbocycles. The lowest BCUT2D eigenvalue weighted by atomic mass is 10.0. The molecule has 0 radical (unpaired) electrons. The summed E-state index contributed by atoms with van der Waals surface area (Å²) in [6.07, 6.45) is 53.7. The van der Waals surface area contributed by atoms with E-state index in [1.54, 1.807) is 0 Å². The molecule has 0 bridgehead atoms. The summed E-state index contributed by atoms with van der Waals surface area (Å²) in [5, 5.41) is 18.4. The number of esters is 2. The van der Waals surface area contributed by atoms with Crippen LogP contribution in [0.3, 0.4) is 0 Å². The third kappa shape index (κ3) is 47.7. The Labute approximate surface area is 385 Å². The Balaban J connectivity index is 4.16. The fourth-order valence-electron chi connectivity index (χ4n) is 7.10. The molecule has 10 nitrogen and oxygen atoms in total. The number of phosphoric ester groups is 1. The van der Waals surface area contributed by atoms with Gasteiger partial charge in [0.2, 0.25) is 0 Å². The average molecular weight is 911 g/mol. The van der Waals surface area contributed by atoms with Gasteiger partial charge in [-0.3, -0.25) is 18.6 Å². The highest BCUT2D eigenvalue weighted by Gasteiger charge is 2.27. The molecular weight excluding hydrogens is 816 g/mol. The summed E-state index contributed by atoms with van der Waals surface area (Å²) in [5.41, 5.74) is 0. The minimum atomic E-state index is -4.63. The lowest BCUT2D eigenvalue weighted by molar-refractivity contribution is -0.161. The predicted octanol–water partition coefficient (Wildman–Crippen LogP) is 14.5. The number of aliphatic hydroxyl groups excluding tert-OH is 2. The van der Waals surface area contributed by atoms with Crippen LogP contribution in [-0.4, -0.2) is 65.7 Å². The maximum absolute atomic E-state index is 12.7. The van der Waals surface area contributed by atoms with Gasteiger partial charge in [-0.15, -0.1) is 0 Å². The zero-order valence-electron chi connectivity index (χ0n) is 40.3. The molecule has 0 heterocycles. The first-order chi connectivity index (χ1) is 30.7. The minimum Gasteiger partial charge on any atom is -0.462 e. The van der Waals surface area contributed by atoms with Crippen LogP contribution in [0.25, 0.3) is 0 Å². The monoisotopic (exact) mass is 911 g/mol. The maximum Gasteiger partial charge on any atom is 0.472 e. The quantitative estimate of drug-likeness (QED) is 0.0233. The number of allylic oxidation sites excluding steroid dienone is 8. The second-order valence-electron chi connectivity index (χ2n) is 17.2. The van der Waals surface area contributed by atoms with Gasteiger partial charge in [0.15, 0.2) is 6.10 Å². The summed E-state index contributed by atoms with van der Waals surface area (Å²) in [6.45, 7) is 2.27. The van der Waals surface area contributed by atoms with Crippen LogP contribution in [0.5, 0.6) is 0 Å². The van der Waals surface area contributed by atoms with E-state index >= 15 is 0 Å². The molecule has 3 atom stereocenters. The van der Waals surface area contributed by atoms with E-state index in [-0.39, 0.29) is 19.4 Å². The number of carbonyl (C=O) groups is 2. The van der Waals surface area contributed by atoms with Crippen LogP contribution in [0.2, 0.25) is 0 Å². The van der Waals surface area contributed by atoms with E-state index in [9.17, 15) is 24.2 Å². The van der Waals surface area contributed by atoms with Gasteiger partial charge in [-0.25, -0.2) is 4.57 Å². The van der Waals surface area contributed by atoms with Crippen molar-refractivity contribution in [2.24, 2.45) is 0 Å². The molecule has 3 N–H and O–H groups in total. The van der Waals surface area contributed by atoms with Crippen LogP contribution in [0, 0.1) is 0 Å². The highest BCUT2D eigenvalue weighted by atomic mass is 31.2. The fourth-order valence-corrected chi connectivity index (χ4v) is 7.89. The third-order valence-electron chi connectivity index (χ3n) is 11.0. The summed E-state index contributed by atoms with van der Waals surface area (Å²) in [6, 6.07) is 0. The van der Waals surface area contributed by atoms with Crippen molar-refractivity contribution in [1.29, 1.82) is 0 Å². The highest BCUT2D eigenvalue weighted by Crippen LogP contribution is 2.43. The molecule has 11 heteroatoms. The zero-order valence-corrected chi connectivity index (χ0v) is 41.2. The summed E-state index contributed by atoms with van der Waals surface area (Å²) >= 11 is 0. The smallest absolute Gasteiger partial charge is 0.462 e. The van der Waals surface area contributed by atoms with E-state index in [0.29, 0.717) is 12.8 Å². The van der Waals surface area contributed by atoms with Gasteiger partial charge in [-0.05, 0) is 51.4 Å². The van der Waals surface area contributed by atoms with Gasteiger partial charge >= 0.3 is 19.8 Å². The maximum atomic E-state index is 12.7. The van der Waals surface area contributed by atoms with Crippen LogP contribution in [0.15, 0.2) is 48.6 Å². The second kappa shape index (κ2) is 47.9. The van der Waals surface area contributed by atoms with Gasteiger partial charge in [0, 0.05) is 12.8 Å². The fraction of sp³-hybridized carbons (Fsp3) is 0.808. The van der Waals surface area contributed by atoms with Gasteiger partial charge in [0.1, 0.15) is 12.7 Å². The molecule has 0 aromatic carbocycles. The van der Waals surface area contributed by atoms with Gasteiger partial charge < -0.3 is 24.6 Å². The molecule has 0 spiro atoms. The van der Waals surface area contributed by atoms with Crippen LogP contribution in [0.1, 0.15) is 232 Å². The molecule has 0 amide bonds. The van der Waals surface area contributed by atoms with Crippen molar-refractivity contribution in [3.63, 3.8) is 0 Å². The van der Waals surface area contributed by atoms with E-state index in [1.165, 1.54) is 122 Å². The van der Waals surface area contributed by atoms with Crippen molar-refractivity contribution < 1.29 is 47.8 Å². The van der Waals surface area contributed by atoms with Gasteiger partial charge in [0.25, 0.3) is 0 Å². The number of ether oxygens (including phenoxy) is 2. The molecular formula is C52H95O10P. The van der Waals surface area contributed by atoms with Crippen molar-refractivity contribution in [2.75, 3.05) is 26.4 Å². The SMILES string of the molecule is CC/C=C\C/C=C\C/C=C\C/C=C\CCCCCCC(=O)OC(COC(=O)CCCCCCCCCCCCCCCCCCCCCCCCC)COP(=O)(O)OCC(O)CO. The van der Waals surface area contributed by atoms with E-state index in [4.69, 9.17) is 23.6 Å². The van der Waals surface area contributed by atoms with Crippen molar-refractivity contribution in [1.82, 2.24) is 0 Å². The highest BCUT2D eigenvalue weighted by molar-refractivity contribution is 7.47. The molecule has 0 saturated heterocycles. The molecule has 63 heavy (non-hydrogen) atoms. The number of hydrogen-bond donors (Lipinski definition) is 3. The Morgan fingerprint density at radius 2 is 0.873 bits per heavy atom.